The number of amides is 2. The first-order valence-corrected chi connectivity index (χ1v) is 11.6. The van der Waals surface area contributed by atoms with Crippen molar-refractivity contribution in [1.29, 1.82) is 0 Å². The van der Waals surface area contributed by atoms with Gasteiger partial charge in [-0.3, -0.25) is 9.59 Å². The highest BCUT2D eigenvalue weighted by Crippen LogP contribution is 2.27. The zero-order chi connectivity index (χ0) is 21.3. The van der Waals surface area contributed by atoms with Gasteiger partial charge in [0.25, 0.3) is 0 Å². The van der Waals surface area contributed by atoms with E-state index in [1.54, 1.807) is 18.2 Å². The van der Waals surface area contributed by atoms with Gasteiger partial charge >= 0.3 is 0 Å². The van der Waals surface area contributed by atoms with Crippen molar-refractivity contribution in [3.05, 3.63) is 54.1 Å². The quantitative estimate of drug-likeness (QED) is 0.627. The summed E-state index contributed by atoms with van der Waals surface area (Å²) in [7, 11) is -3.91. The number of nitrogens with zero attached hydrogens (tertiary/aromatic N) is 2. The van der Waals surface area contributed by atoms with Gasteiger partial charge in [-0.15, -0.1) is 0 Å². The molecule has 0 aliphatic carbocycles. The maximum Gasteiger partial charge on any atom is 0.243 e. The van der Waals surface area contributed by atoms with Gasteiger partial charge in [-0.05, 0) is 36.8 Å². The van der Waals surface area contributed by atoms with E-state index in [1.807, 2.05) is 25.1 Å². The number of hydrogen-bond donors (Lipinski definition) is 2. The van der Waals surface area contributed by atoms with Gasteiger partial charge in [0.1, 0.15) is 6.04 Å². The number of aryl methyl sites for hydroxylation is 1. The Bertz CT molecular complexity index is 1210. The summed E-state index contributed by atoms with van der Waals surface area (Å²) in [6.07, 6.45) is -0.299. The minimum Gasteiger partial charge on any atom is -0.353 e. The number of aromatic nitrogens is 1. The maximum absolute atomic E-state index is 13.0. The minimum atomic E-state index is -3.91. The summed E-state index contributed by atoms with van der Waals surface area (Å²) in [5, 5.41) is 5.75. The molecule has 1 fully saturated rings. The molecule has 1 aromatic heterocycles. The zero-order valence-corrected chi connectivity index (χ0v) is 17.8. The average Bonchev–Trinajstić information content (AvgIpc) is 3.11. The molecule has 30 heavy (non-hydrogen) atoms. The van der Waals surface area contributed by atoms with Gasteiger partial charge in [-0.1, -0.05) is 35.6 Å². The summed E-state index contributed by atoms with van der Waals surface area (Å²) in [5.41, 5.74) is 1.86. The molecule has 2 N–H and O–H groups in total. The number of anilines is 1. The van der Waals surface area contributed by atoms with E-state index in [1.165, 1.54) is 23.5 Å². The van der Waals surface area contributed by atoms with Crippen molar-refractivity contribution in [1.82, 2.24) is 14.6 Å². The lowest BCUT2D eigenvalue weighted by Crippen LogP contribution is -2.57. The van der Waals surface area contributed by atoms with Gasteiger partial charge < -0.3 is 10.6 Å². The first kappa shape index (κ1) is 20.5. The number of piperazine rings is 1. The maximum atomic E-state index is 13.0. The van der Waals surface area contributed by atoms with Crippen molar-refractivity contribution < 1.29 is 18.0 Å². The van der Waals surface area contributed by atoms with Crippen LogP contribution in [-0.2, 0) is 19.6 Å². The number of fused-ring (bicyclic) bond motifs is 1. The second-order valence-electron chi connectivity index (χ2n) is 6.98. The van der Waals surface area contributed by atoms with Crippen LogP contribution in [0.5, 0.6) is 0 Å². The van der Waals surface area contributed by atoms with Crippen LogP contribution in [0.25, 0.3) is 10.2 Å². The van der Waals surface area contributed by atoms with E-state index >= 15 is 0 Å². The molecule has 0 saturated carbocycles. The molecule has 2 aromatic carbocycles. The second-order valence-corrected chi connectivity index (χ2v) is 9.90. The Hall–Kier alpha value is -2.82. The number of rotatable bonds is 5. The van der Waals surface area contributed by atoms with E-state index in [0.717, 1.165) is 20.1 Å². The molecule has 3 aromatic rings. The van der Waals surface area contributed by atoms with E-state index in [2.05, 4.69) is 15.6 Å². The van der Waals surface area contributed by atoms with Crippen molar-refractivity contribution >= 4 is 48.5 Å². The molecule has 10 heteroatoms. The van der Waals surface area contributed by atoms with Gasteiger partial charge in [0.05, 0.1) is 21.5 Å². The van der Waals surface area contributed by atoms with Crippen LogP contribution in [0.15, 0.2) is 53.4 Å². The third kappa shape index (κ3) is 4.07. The van der Waals surface area contributed by atoms with Crippen molar-refractivity contribution in [3.63, 3.8) is 0 Å². The van der Waals surface area contributed by atoms with Crippen LogP contribution in [0.1, 0.15) is 12.0 Å². The average molecular weight is 445 g/mol. The third-order valence-corrected chi connectivity index (χ3v) is 7.66. The molecule has 0 bridgehead atoms. The van der Waals surface area contributed by atoms with Gasteiger partial charge in [0.2, 0.25) is 21.8 Å². The standard InChI is InChI=1S/C20H20N4O4S2/c1-13-7-8-15-17(11-13)29-20(22-15)23-18(25)12-16-19(26)21-9-10-24(16)30(27,28)14-5-3-2-4-6-14/h2-8,11,16H,9-10,12H2,1H3,(H,21,26)(H,22,23,25)/t16-/m0/s1. The highest BCUT2D eigenvalue weighted by atomic mass is 32.2. The molecule has 0 unspecified atom stereocenters. The molecular formula is C20H20N4O4S2. The highest BCUT2D eigenvalue weighted by molar-refractivity contribution is 7.89. The van der Waals surface area contributed by atoms with Crippen LogP contribution in [-0.4, -0.2) is 48.7 Å². The van der Waals surface area contributed by atoms with E-state index < -0.39 is 27.9 Å². The summed E-state index contributed by atoms with van der Waals surface area (Å²) >= 11 is 1.33. The largest absolute Gasteiger partial charge is 0.353 e. The number of thiazole rings is 1. The Morgan fingerprint density at radius 1 is 1.27 bits per heavy atom. The number of hydrogen-bond acceptors (Lipinski definition) is 6. The van der Waals surface area contributed by atoms with Crippen LogP contribution in [0.3, 0.4) is 0 Å². The number of carbonyl (C=O) groups is 2. The first-order valence-electron chi connectivity index (χ1n) is 9.36. The lowest BCUT2D eigenvalue weighted by Gasteiger charge is -2.33. The predicted octanol–water partition coefficient (Wildman–Crippen LogP) is 2.12. The van der Waals surface area contributed by atoms with Gasteiger partial charge in [0, 0.05) is 13.1 Å². The predicted molar refractivity (Wildman–Crippen MR) is 115 cm³/mol. The highest BCUT2D eigenvalue weighted by Gasteiger charge is 2.39. The van der Waals surface area contributed by atoms with Crippen molar-refractivity contribution in [3.8, 4) is 0 Å². The van der Waals surface area contributed by atoms with E-state index in [-0.39, 0.29) is 24.4 Å². The molecular weight excluding hydrogens is 424 g/mol. The summed E-state index contributed by atoms with van der Waals surface area (Å²) in [4.78, 5) is 29.5. The van der Waals surface area contributed by atoms with Crippen LogP contribution < -0.4 is 10.6 Å². The normalized spacial score (nSPS) is 17.6. The molecule has 1 aliphatic rings. The summed E-state index contributed by atoms with van der Waals surface area (Å²) in [5.74, 6) is -0.961. The van der Waals surface area contributed by atoms with Crippen molar-refractivity contribution in [2.45, 2.75) is 24.3 Å². The monoisotopic (exact) mass is 444 g/mol. The Kier molecular flexibility index (Phi) is 5.54. The number of carbonyl (C=O) groups excluding carboxylic acids is 2. The summed E-state index contributed by atoms with van der Waals surface area (Å²) < 4.78 is 28.1. The second kappa shape index (κ2) is 8.13. The van der Waals surface area contributed by atoms with Gasteiger partial charge in [-0.2, -0.15) is 4.31 Å². The molecule has 1 atom stereocenters. The van der Waals surface area contributed by atoms with Crippen LogP contribution in [0.4, 0.5) is 5.13 Å². The molecule has 2 heterocycles. The van der Waals surface area contributed by atoms with E-state index in [0.29, 0.717) is 5.13 Å². The lowest BCUT2D eigenvalue weighted by atomic mass is 10.1. The Morgan fingerprint density at radius 3 is 2.80 bits per heavy atom. The van der Waals surface area contributed by atoms with E-state index in [9.17, 15) is 18.0 Å². The topological polar surface area (TPSA) is 108 Å². The zero-order valence-electron chi connectivity index (χ0n) is 16.2. The number of nitrogens with one attached hydrogen (secondary N) is 2. The fraction of sp³-hybridized carbons (Fsp3) is 0.250. The number of sulfonamides is 1. The Labute approximate surface area is 178 Å². The minimum absolute atomic E-state index is 0.0895. The van der Waals surface area contributed by atoms with E-state index in [4.69, 9.17) is 0 Å². The fourth-order valence-electron chi connectivity index (χ4n) is 3.33. The van der Waals surface area contributed by atoms with Crippen molar-refractivity contribution in [2.24, 2.45) is 0 Å². The molecule has 0 radical (unpaired) electrons. The lowest BCUT2D eigenvalue weighted by molar-refractivity contribution is -0.130. The molecule has 156 valence electrons. The molecule has 2 amide bonds. The van der Waals surface area contributed by atoms with Crippen molar-refractivity contribution in [2.75, 3.05) is 18.4 Å². The molecule has 8 nitrogen and oxygen atoms in total. The Morgan fingerprint density at radius 2 is 2.03 bits per heavy atom. The van der Waals surface area contributed by atoms with Crippen LogP contribution in [0.2, 0.25) is 0 Å². The molecule has 1 aliphatic heterocycles. The molecule has 0 spiro atoms. The summed E-state index contributed by atoms with van der Waals surface area (Å²) in [6.45, 7) is 2.27. The van der Waals surface area contributed by atoms with Gasteiger partial charge in [0.15, 0.2) is 5.13 Å². The first-order chi connectivity index (χ1) is 14.3. The Balaban J connectivity index is 1.54. The summed E-state index contributed by atoms with van der Waals surface area (Å²) in [6, 6.07) is 12.6. The van der Waals surface area contributed by atoms with Gasteiger partial charge in [-0.25, -0.2) is 13.4 Å². The fourth-order valence-corrected chi connectivity index (χ4v) is 5.92. The number of benzene rings is 2. The SMILES string of the molecule is Cc1ccc2nc(NC(=O)C[C@H]3C(=O)NCCN3S(=O)(=O)c3ccccc3)sc2c1. The smallest absolute Gasteiger partial charge is 0.243 e. The molecule has 4 rings (SSSR count). The third-order valence-electron chi connectivity index (χ3n) is 4.80. The van der Waals surface area contributed by atoms with Crippen LogP contribution >= 0.6 is 11.3 Å². The van der Waals surface area contributed by atoms with Crippen LogP contribution in [0, 0.1) is 6.92 Å². The molecule has 1 saturated heterocycles.